The van der Waals surface area contributed by atoms with Gasteiger partial charge in [-0.15, -0.1) is 0 Å². The first-order valence-electron chi connectivity index (χ1n) is 12.4. The Morgan fingerprint density at radius 3 is 2.32 bits per heavy atom. The highest BCUT2D eigenvalue weighted by Gasteiger charge is 2.37. The zero-order chi connectivity index (χ0) is 23.1. The maximum Gasteiger partial charge on any atom is 0.0727 e. The fourth-order valence-corrected chi connectivity index (χ4v) is 5.90. The summed E-state index contributed by atoms with van der Waals surface area (Å²) < 4.78 is 0. The molecule has 0 radical (unpaired) electrons. The number of allylic oxidation sites excluding steroid dienone is 2. The first kappa shape index (κ1) is 21.2. The normalized spacial score (nSPS) is 25.8. The monoisotopic (exact) mass is 444 g/mol. The summed E-state index contributed by atoms with van der Waals surface area (Å²) in [5.41, 5.74) is 9.69. The summed E-state index contributed by atoms with van der Waals surface area (Å²) in [7, 11) is 0. The highest BCUT2D eigenvalue weighted by molar-refractivity contribution is 5.75. The smallest absolute Gasteiger partial charge is 0.0727 e. The quantitative estimate of drug-likeness (QED) is 0.440. The van der Waals surface area contributed by atoms with Crippen molar-refractivity contribution in [2.45, 2.75) is 37.8 Å². The summed E-state index contributed by atoms with van der Waals surface area (Å²) in [5.74, 6) is 0.328. The van der Waals surface area contributed by atoms with Crippen LogP contribution in [0.5, 0.6) is 0 Å². The minimum absolute atomic E-state index is 0.0469. The molecule has 170 valence electrons. The van der Waals surface area contributed by atoms with Gasteiger partial charge in [0.1, 0.15) is 0 Å². The topological polar surface area (TPSA) is 15.3 Å². The molecule has 6 rings (SSSR count). The second kappa shape index (κ2) is 8.45. The molecule has 3 aliphatic rings. The molecule has 0 amide bonds. The molecule has 2 heteroatoms. The van der Waals surface area contributed by atoms with Crippen molar-refractivity contribution >= 4 is 5.57 Å². The van der Waals surface area contributed by atoms with Crippen LogP contribution in [0.4, 0.5) is 0 Å². The third-order valence-corrected chi connectivity index (χ3v) is 7.86. The standard InChI is InChI=1S/C32H32N2/c1-23-18-19-32(2,33-20-23)30-15-9-8-13-27(30)29-22-34-21-25(24-10-4-3-5-11-24)16-17-31(34)28-14-7-6-12-26(28)29/h3-18,21,29,31,33H,19-20,22H2,1-2H3/t29-,31?,32?/m0/s1. The molecule has 0 saturated carbocycles. The fraction of sp³-hybridized carbons (Fsp3) is 0.250. The van der Waals surface area contributed by atoms with Crippen LogP contribution < -0.4 is 5.32 Å². The number of nitrogens with one attached hydrogen (secondary N) is 1. The van der Waals surface area contributed by atoms with Crippen LogP contribution in [0.25, 0.3) is 5.57 Å². The number of rotatable bonds is 3. The van der Waals surface area contributed by atoms with Crippen LogP contribution in [0.1, 0.15) is 60.0 Å². The van der Waals surface area contributed by atoms with Crippen molar-refractivity contribution in [3.8, 4) is 0 Å². The van der Waals surface area contributed by atoms with Crippen molar-refractivity contribution in [2.24, 2.45) is 0 Å². The van der Waals surface area contributed by atoms with E-state index in [-0.39, 0.29) is 5.54 Å². The molecule has 0 bridgehead atoms. The number of fused-ring (bicyclic) bond motifs is 3. The number of hydrogen-bond acceptors (Lipinski definition) is 2. The highest BCUT2D eigenvalue weighted by atomic mass is 15.2. The van der Waals surface area contributed by atoms with Gasteiger partial charge in [-0.05, 0) is 53.7 Å². The van der Waals surface area contributed by atoms with Crippen LogP contribution >= 0.6 is 0 Å². The number of hydrogen-bond donors (Lipinski definition) is 1. The van der Waals surface area contributed by atoms with E-state index in [0.29, 0.717) is 12.0 Å². The predicted octanol–water partition coefficient (Wildman–Crippen LogP) is 6.94. The highest BCUT2D eigenvalue weighted by Crippen LogP contribution is 2.45. The Bertz CT molecular complexity index is 1300. The van der Waals surface area contributed by atoms with Gasteiger partial charge in [-0.3, -0.25) is 0 Å². The van der Waals surface area contributed by atoms with Crippen molar-refractivity contribution in [1.29, 1.82) is 0 Å². The van der Waals surface area contributed by atoms with Gasteiger partial charge in [0.2, 0.25) is 0 Å². The molecule has 2 unspecified atom stereocenters. The van der Waals surface area contributed by atoms with Gasteiger partial charge >= 0.3 is 0 Å². The van der Waals surface area contributed by atoms with E-state index < -0.39 is 0 Å². The van der Waals surface area contributed by atoms with E-state index in [1.807, 2.05) is 0 Å². The Balaban J connectivity index is 1.44. The van der Waals surface area contributed by atoms with E-state index in [9.17, 15) is 0 Å². The van der Waals surface area contributed by atoms with E-state index in [1.54, 1.807) is 0 Å². The molecule has 1 N–H and O–H groups in total. The van der Waals surface area contributed by atoms with Crippen molar-refractivity contribution in [1.82, 2.24) is 10.2 Å². The second-order valence-electron chi connectivity index (χ2n) is 10.2. The molecule has 3 aromatic rings. The molecular weight excluding hydrogens is 412 g/mol. The molecule has 0 aliphatic carbocycles. The summed E-state index contributed by atoms with van der Waals surface area (Å²) in [4.78, 5) is 2.55. The largest absolute Gasteiger partial charge is 0.365 e. The predicted molar refractivity (Wildman–Crippen MR) is 141 cm³/mol. The third kappa shape index (κ3) is 3.63. The van der Waals surface area contributed by atoms with Crippen molar-refractivity contribution in [2.75, 3.05) is 13.1 Å². The van der Waals surface area contributed by atoms with Gasteiger partial charge in [0.25, 0.3) is 0 Å². The summed E-state index contributed by atoms with van der Waals surface area (Å²) in [6.45, 7) is 6.51. The van der Waals surface area contributed by atoms with E-state index in [2.05, 4.69) is 127 Å². The SMILES string of the molecule is CC1=CCC(C)(c2ccccc2[C@H]2CN3C=C(c4ccccc4)C=CC3c3ccccc32)NC1. The first-order valence-corrected chi connectivity index (χ1v) is 12.4. The Hall–Kier alpha value is -3.36. The lowest BCUT2D eigenvalue weighted by molar-refractivity contribution is 0.286. The van der Waals surface area contributed by atoms with Gasteiger partial charge in [-0.2, -0.15) is 0 Å². The molecule has 3 aliphatic heterocycles. The molecule has 0 fully saturated rings. The van der Waals surface area contributed by atoms with Crippen LogP contribution in [-0.4, -0.2) is 18.0 Å². The summed E-state index contributed by atoms with van der Waals surface area (Å²) in [6, 6.07) is 29.2. The van der Waals surface area contributed by atoms with Crippen molar-refractivity contribution < 1.29 is 0 Å². The van der Waals surface area contributed by atoms with Gasteiger partial charge in [0.15, 0.2) is 0 Å². The summed E-state index contributed by atoms with van der Waals surface area (Å²) >= 11 is 0. The Labute approximate surface area is 203 Å². The third-order valence-electron chi connectivity index (χ3n) is 7.86. The molecular formula is C32H32N2. The molecule has 3 aromatic carbocycles. The van der Waals surface area contributed by atoms with E-state index in [4.69, 9.17) is 0 Å². The molecule has 3 atom stereocenters. The van der Waals surface area contributed by atoms with Crippen LogP contribution in [0.3, 0.4) is 0 Å². The first-order chi connectivity index (χ1) is 16.6. The average Bonchev–Trinajstić information content (AvgIpc) is 2.90. The molecule has 2 nitrogen and oxygen atoms in total. The zero-order valence-electron chi connectivity index (χ0n) is 20.0. The maximum absolute atomic E-state index is 3.84. The number of nitrogens with zero attached hydrogens (tertiary/aromatic N) is 1. The lowest BCUT2D eigenvalue weighted by Gasteiger charge is -2.44. The number of benzene rings is 3. The van der Waals surface area contributed by atoms with Gasteiger partial charge < -0.3 is 10.2 Å². The van der Waals surface area contributed by atoms with Crippen molar-refractivity contribution in [3.05, 3.63) is 137 Å². The van der Waals surface area contributed by atoms with Crippen LogP contribution in [0.15, 0.2) is 109 Å². The van der Waals surface area contributed by atoms with Gasteiger partial charge in [0.05, 0.1) is 6.04 Å². The van der Waals surface area contributed by atoms with E-state index in [1.165, 1.54) is 39.0 Å². The van der Waals surface area contributed by atoms with Crippen molar-refractivity contribution in [3.63, 3.8) is 0 Å². The Kier molecular flexibility index (Phi) is 5.27. The van der Waals surface area contributed by atoms with Gasteiger partial charge in [-0.1, -0.05) is 103 Å². The van der Waals surface area contributed by atoms with Crippen LogP contribution in [0.2, 0.25) is 0 Å². The summed E-state index contributed by atoms with van der Waals surface area (Å²) in [6.07, 6.45) is 10.5. The van der Waals surface area contributed by atoms with Gasteiger partial charge in [-0.25, -0.2) is 0 Å². The molecule has 0 spiro atoms. The minimum atomic E-state index is -0.0469. The zero-order valence-corrected chi connectivity index (χ0v) is 20.0. The van der Waals surface area contributed by atoms with Crippen LogP contribution in [-0.2, 0) is 5.54 Å². The minimum Gasteiger partial charge on any atom is -0.365 e. The molecule has 3 heterocycles. The Morgan fingerprint density at radius 2 is 1.56 bits per heavy atom. The van der Waals surface area contributed by atoms with E-state index >= 15 is 0 Å². The lowest BCUT2D eigenvalue weighted by Crippen LogP contribution is -2.44. The maximum atomic E-state index is 3.84. The van der Waals surface area contributed by atoms with Gasteiger partial charge in [0, 0.05) is 30.7 Å². The average molecular weight is 445 g/mol. The van der Waals surface area contributed by atoms with E-state index in [0.717, 1.165) is 19.5 Å². The molecule has 0 saturated heterocycles. The Morgan fingerprint density at radius 1 is 0.853 bits per heavy atom. The molecule has 0 aromatic heterocycles. The lowest BCUT2D eigenvalue weighted by atomic mass is 9.74. The summed E-state index contributed by atoms with van der Waals surface area (Å²) in [5, 5.41) is 3.84. The van der Waals surface area contributed by atoms with Crippen LogP contribution in [0, 0.1) is 0 Å². The second-order valence-corrected chi connectivity index (χ2v) is 10.2. The fourth-order valence-electron chi connectivity index (χ4n) is 5.90. The molecule has 34 heavy (non-hydrogen) atoms.